The van der Waals surface area contributed by atoms with Gasteiger partial charge in [0.2, 0.25) is 0 Å². The predicted molar refractivity (Wildman–Crippen MR) is 88.9 cm³/mol. The molecule has 0 aliphatic rings. The first-order valence-electron chi connectivity index (χ1n) is 7.68. The largest absolute Gasteiger partial charge is 0.467 e. The van der Waals surface area contributed by atoms with E-state index < -0.39 is 0 Å². The lowest BCUT2D eigenvalue weighted by Gasteiger charge is -2.26. The van der Waals surface area contributed by atoms with Gasteiger partial charge in [-0.3, -0.25) is 4.98 Å². The maximum Gasteiger partial charge on any atom is 0.318 e. The van der Waals surface area contributed by atoms with Crippen LogP contribution in [0.1, 0.15) is 24.3 Å². The molecule has 1 unspecified atom stereocenters. The van der Waals surface area contributed by atoms with Crippen LogP contribution in [0.4, 0.5) is 4.79 Å². The van der Waals surface area contributed by atoms with E-state index >= 15 is 0 Å². The summed E-state index contributed by atoms with van der Waals surface area (Å²) in [6.07, 6.45) is 5.12. The Balaban J connectivity index is 2.01. The lowest BCUT2D eigenvalue weighted by molar-refractivity contribution is 0.184. The van der Waals surface area contributed by atoms with Crippen molar-refractivity contribution in [1.29, 1.82) is 0 Å². The molecule has 0 saturated heterocycles. The lowest BCUT2D eigenvalue weighted by Crippen LogP contribution is -2.43. The number of urea groups is 1. The molecule has 2 amide bonds. The summed E-state index contributed by atoms with van der Waals surface area (Å²) in [7, 11) is 3.98. The van der Waals surface area contributed by atoms with Gasteiger partial charge in [-0.05, 0) is 44.8 Å². The van der Waals surface area contributed by atoms with E-state index in [2.05, 4.69) is 15.2 Å². The summed E-state index contributed by atoms with van der Waals surface area (Å²) in [5, 5.41) is 2.98. The average molecular weight is 316 g/mol. The van der Waals surface area contributed by atoms with Crippen molar-refractivity contribution in [1.82, 2.24) is 20.1 Å². The number of amides is 2. The second-order valence-corrected chi connectivity index (χ2v) is 5.77. The molecule has 0 spiro atoms. The number of nitrogens with one attached hydrogen (secondary N) is 1. The number of pyridine rings is 1. The van der Waals surface area contributed by atoms with Gasteiger partial charge < -0.3 is 19.5 Å². The summed E-state index contributed by atoms with van der Waals surface area (Å²) in [6, 6.07) is 7.24. The van der Waals surface area contributed by atoms with Gasteiger partial charge in [-0.1, -0.05) is 6.07 Å². The summed E-state index contributed by atoms with van der Waals surface area (Å²) in [5.74, 6) is 0.743. The number of nitrogens with zero attached hydrogens (tertiary/aromatic N) is 3. The maximum absolute atomic E-state index is 12.6. The summed E-state index contributed by atoms with van der Waals surface area (Å²) < 4.78 is 5.34. The van der Waals surface area contributed by atoms with Crippen molar-refractivity contribution >= 4 is 6.03 Å². The minimum atomic E-state index is -0.173. The van der Waals surface area contributed by atoms with Crippen molar-refractivity contribution in [3.63, 3.8) is 0 Å². The van der Waals surface area contributed by atoms with Gasteiger partial charge in [-0.15, -0.1) is 0 Å². The van der Waals surface area contributed by atoms with Gasteiger partial charge in [0, 0.05) is 32.0 Å². The monoisotopic (exact) mass is 316 g/mol. The van der Waals surface area contributed by atoms with Crippen LogP contribution >= 0.6 is 0 Å². The second kappa shape index (κ2) is 8.33. The number of hydrogen-bond donors (Lipinski definition) is 1. The maximum atomic E-state index is 12.6. The van der Waals surface area contributed by atoms with Gasteiger partial charge in [0.1, 0.15) is 5.76 Å². The fourth-order valence-corrected chi connectivity index (χ4v) is 2.17. The Morgan fingerprint density at radius 3 is 2.74 bits per heavy atom. The van der Waals surface area contributed by atoms with E-state index in [0.29, 0.717) is 13.1 Å². The first kappa shape index (κ1) is 17.0. The molecule has 0 aliphatic heterocycles. The van der Waals surface area contributed by atoms with Gasteiger partial charge in [0.15, 0.2) is 0 Å². The van der Waals surface area contributed by atoms with Crippen LogP contribution < -0.4 is 5.32 Å². The Morgan fingerprint density at radius 1 is 1.30 bits per heavy atom. The Kier molecular flexibility index (Phi) is 6.17. The second-order valence-electron chi connectivity index (χ2n) is 5.77. The van der Waals surface area contributed by atoms with Crippen LogP contribution in [0.5, 0.6) is 0 Å². The van der Waals surface area contributed by atoms with Crippen LogP contribution in [0, 0.1) is 0 Å². The fourth-order valence-electron chi connectivity index (χ4n) is 2.17. The zero-order valence-electron chi connectivity index (χ0n) is 13.9. The summed E-state index contributed by atoms with van der Waals surface area (Å²) in [5.41, 5.74) is 1.01. The Hall–Kier alpha value is -2.34. The Bertz CT molecular complexity index is 584. The topological polar surface area (TPSA) is 61.6 Å². The number of rotatable bonds is 7. The van der Waals surface area contributed by atoms with E-state index in [9.17, 15) is 4.79 Å². The molecule has 124 valence electrons. The lowest BCUT2D eigenvalue weighted by atomic mass is 10.2. The molecule has 0 radical (unpaired) electrons. The molecule has 1 atom stereocenters. The number of carbonyl (C=O) groups excluding carboxylic acids is 1. The summed E-state index contributed by atoms with van der Waals surface area (Å²) in [6.45, 7) is 3.87. The van der Waals surface area contributed by atoms with Crippen LogP contribution in [-0.4, -0.2) is 48.0 Å². The molecule has 2 rings (SSSR count). The highest BCUT2D eigenvalue weighted by atomic mass is 16.3. The SMILES string of the molecule is CC(NC(=O)N(CCN(C)C)Cc1cccnc1)c1ccco1. The van der Waals surface area contributed by atoms with Crippen molar-refractivity contribution < 1.29 is 9.21 Å². The fraction of sp³-hybridized carbons (Fsp3) is 0.412. The van der Waals surface area contributed by atoms with Crippen molar-refractivity contribution in [2.75, 3.05) is 27.2 Å². The van der Waals surface area contributed by atoms with Crippen LogP contribution in [-0.2, 0) is 6.54 Å². The molecule has 2 aromatic heterocycles. The van der Waals surface area contributed by atoms with Crippen molar-refractivity contribution in [3.05, 3.63) is 54.2 Å². The molecular weight excluding hydrogens is 292 g/mol. The molecule has 0 aliphatic carbocycles. The molecule has 0 bridgehead atoms. The zero-order valence-corrected chi connectivity index (χ0v) is 13.9. The number of carbonyl (C=O) groups is 1. The Labute approximate surface area is 137 Å². The summed E-state index contributed by atoms with van der Waals surface area (Å²) >= 11 is 0. The molecule has 6 heteroatoms. The third-order valence-electron chi connectivity index (χ3n) is 3.51. The van der Waals surface area contributed by atoms with Crippen LogP contribution in [0.2, 0.25) is 0 Å². The highest BCUT2D eigenvalue weighted by Crippen LogP contribution is 2.13. The first-order valence-corrected chi connectivity index (χ1v) is 7.68. The quantitative estimate of drug-likeness (QED) is 0.852. The highest BCUT2D eigenvalue weighted by molar-refractivity contribution is 5.74. The standard InChI is InChI=1S/C17H24N4O2/c1-14(16-7-5-11-23-16)19-17(22)21(10-9-20(2)3)13-15-6-4-8-18-12-15/h4-8,11-12,14H,9-10,13H2,1-3H3,(H,19,22). The molecule has 0 saturated carbocycles. The van der Waals surface area contributed by atoms with Gasteiger partial charge in [-0.2, -0.15) is 0 Å². The molecule has 0 aromatic carbocycles. The smallest absolute Gasteiger partial charge is 0.318 e. The first-order chi connectivity index (χ1) is 11.1. The van der Waals surface area contributed by atoms with E-state index in [0.717, 1.165) is 17.9 Å². The molecule has 2 heterocycles. The van der Waals surface area contributed by atoms with Crippen molar-refractivity contribution in [2.24, 2.45) is 0 Å². The minimum Gasteiger partial charge on any atom is -0.467 e. The third kappa shape index (κ3) is 5.41. The normalized spacial score (nSPS) is 12.2. The van der Waals surface area contributed by atoms with E-state index in [-0.39, 0.29) is 12.1 Å². The predicted octanol–water partition coefficient (Wildman–Crippen LogP) is 2.51. The number of hydrogen-bond acceptors (Lipinski definition) is 4. The molecule has 1 N–H and O–H groups in total. The highest BCUT2D eigenvalue weighted by Gasteiger charge is 2.18. The van der Waals surface area contributed by atoms with E-state index in [1.165, 1.54) is 0 Å². The average Bonchev–Trinajstić information content (AvgIpc) is 3.06. The molecular formula is C17H24N4O2. The van der Waals surface area contributed by atoms with Gasteiger partial charge in [-0.25, -0.2) is 4.79 Å². The summed E-state index contributed by atoms with van der Waals surface area (Å²) in [4.78, 5) is 20.6. The molecule has 0 fully saturated rings. The molecule has 2 aromatic rings. The number of likely N-dealkylation sites (N-methyl/N-ethyl adjacent to an activating group) is 1. The van der Waals surface area contributed by atoms with Crippen LogP contribution in [0.15, 0.2) is 47.3 Å². The minimum absolute atomic E-state index is 0.111. The number of aromatic nitrogens is 1. The van der Waals surface area contributed by atoms with Crippen molar-refractivity contribution in [2.45, 2.75) is 19.5 Å². The third-order valence-corrected chi connectivity index (χ3v) is 3.51. The zero-order chi connectivity index (χ0) is 16.7. The number of furan rings is 1. The van der Waals surface area contributed by atoms with Crippen LogP contribution in [0.3, 0.4) is 0 Å². The van der Waals surface area contributed by atoms with Crippen molar-refractivity contribution in [3.8, 4) is 0 Å². The molecule has 23 heavy (non-hydrogen) atoms. The van der Waals surface area contributed by atoms with Gasteiger partial charge >= 0.3 is 6.03 Å². The molecule has 6 nitrogen and oxygen atoms in total. The van der Waals surface area contributed by atoms with E-state index in [1.807, 2.05) is 45.3 Å². The van der Waals surface area contributed by atoms with Gasteiger partial charge in [0.05, 0.1) is 12.3 Å². The van der Waals surface area contributed by atoms with Crippen LogP contribution in [0.25, 0.3) is 0 Å². The van der Waals surface area contributed by atoms with E-state index in [4.69, 9.17) is 4.42 Å². The van der Waals surface area contributed by atoms with E-state index in [1.54, 1.807) is 23.6 Å². The Morgan fingerprint density at radius 2 is 2.13 bits per heavy atom. The van der Waals surface area contributed by atoms with Gasteiger partial charge in [0.25, 0.3) is 0 Å².